The van der Waals surface area contributed by atoms with Crippen LogP contribution in [0.4, 0.5) is 0 Å². The molecule has 0 bridgehead atoms. The molecule has 0 amide bonds. The van der Waals surface area contributed by atoms with E-state index in [0.29, 0.717) is 12.1 Å². The van der Waals surface area contributed by atoms with E-state index in [-0.39, 0.29) is 0 Å². The average molecular weight is 259 g/mol. The van der Waals surface area contributed by atoms with Crippen LogP contribution in [0.5, 0.6) is 0 Å². The molecule has 2 unspecified atom stereocenters. The van der Waals surface area contributed by atoms with Gasteiger partial charge in [0.05, 0.1) is 0 Å². The van der Waals surface area contributed by atoms with Crippen molar-refractivity contribution >= 4 is 11.3 Å². The molecule has 96 valence electrons. The first kappa shape index (κ1) is 13.3. The van der Waals surface area contributed by atoms with E-state index in [1.54, 1.807) is 11.3 Å². The van der Waals surface area contributed by atoms with Crippen molar-refractivity contribution < 1.29 is 0 Å². The Kier molecular flexibility index (Phi) is 4.97. The maximum Gasteiger partial charge on any atom is 0.0302 e. The van der Waals surface area contributed by atoms with E-state index in [0.717, 1.165) is 12.8 Å². The van der Waals surface area contributed by atoms with Crippen LogP contribution in [-0.4, -0.2) is 6.04 Å². The first-order chi connectivity index (χ1) is 8.79. The lowest BCUT2D eigenvalue weighted by atomic mass is 10.0. The largest absolute Gasteiger partial charge is 0.307 e. The molecule has 2 aromatic rings. The summed E-state index contributed by atoms with van der Waals surface area (Å²) in [6.45, 7) is 4.50. The molecule has 2 heteroatoms. The van der Waals surface area contributed by atoms with Crippen molar-refractivity contribution in [2.45, 2.75) is 38.8 Å². The Balaban J connectivity index is 1.93. The third-order valence-corrected chi connectivity index (χ3v) is 4.05. The van der Waals surface area contributed by atoms with Crippen molar-refractivity contribution in [3.63, 3.8) is 0 Å². The van der Waals surface area contributed by atoms with Gasteiger partial charge in [0.1, 0.15) is 0 Å². The second-order valence-electron chi connectivity index (χ2n) is 4.74. The van der Waals surface area contributed by atoms with Crippen LogP contribution < -0.4 is 5.32 Å². The summed E-state index contributed by atoms with van der Waals surface area (Å²) in [5.41, 5.74) is 2.81. The zero-order valence-electron chi connectivity index (χ0n) is 11.1. The zero-order chi connectivity index (χ0) is 12.8. The van der Waals surface area contributed by atoms with Crippen LogP contribution in [0, 0.1) is 0 Å². The lowest BCUT2D eigenvalue weighted by Gasteiger charge is -2.22. The summed E-state index contributed by atoms with van der Waals surface area (Å²) in [4.78, 5) is 0. The Hall–Kier alpha value is -1.12. The van der Waals surface area contributed by atoms with Crippen LogP contribution in [0.2, 0.25) is 0 Å². The van der Waals surface area contributed by atoms with Crippen molar-refractivity contribution in [1.29, 1.82) is 0 Å². The van der Waals surface area contributed by atoms with Gasteiger partial charge in [-0.1, -0.05) is 37.3 Å². The van der Waals surface area contributed by atoms with Crippen LogP contribution in [0.3, 0.4) is 0 Å². The van der Waals surface area contributed by atoms with E-state index in [1.165, 1.54) is 11.1 Å². The van der Waals surface area contributed by atoms with Gasteiger partial charge in [0, 0.05) is 12.1 Å². The molecule has 1 nitrogen and oxygen atoms in total. The van der Waals surface area contributed by atoms with Crippen molar-refractivity contribution in [3.8, 4) is 0 Å². The Morgan fingerprint density at radius 1 is 1.17 bits per heavy atom. The highest BCUT2D eigenvalue weighted by Gasteiger charge is 2.12. The Morgan fingerprint density at radius 2 is 1.94 bits per heavy atom. The lowest BCUT2D eigenvalue weighted by molar-refractivity contribution is 0.440. The zero-order valence-corrected chi connectivity index (χ0v) is 11.9. The van der Waals surface area contributed by atoms with Gasteiger partial charge in [-0.2, -0.15) is 11.3 Å². The van der Waals surface area contributed by atoms with Gasteiger partial charge in [-0.15, -0.1) is 0 Å². The molecule has 0 aliphatic heterocycles. The summed E-state index contributed by atoms with van der Waals surface area (Å²) < 4.78 is 0. The summed E-state index contributed by atoms with van der Waals surface area (Å²) in [7, 11) is 0. The summed E-state index contributed by atoms with van der Waals surface area (Å²) in [5.74, 6) is 0. The molecule has 0 aliphatic rings. The second-order valence-corrected chi connectivity index (χ2v) is 5.52. The molecule has 0 radical (unpaired) electrons. The minimum atomic E-state index is 0.435. The first-order valence-electron chi connectivity index (χ1n) is 6.61. The molecule has 1 heterocycles. The van der Waals surface area contributed by atoms with Crippen LogP contribution in [0.25, 0.3) is 0 Å². The van der Waals surface area contributed by atoms with E-state index in [4.69, 9.17) is 0 Å². The minimum absolute atomic E-state index is 0.435. The highest BCUT2D eigenvalue weighted by atomic mass is 32.1. The van der Waals surface area contributed by atoms with E-state index in [1.807, 2.05) is 0 Å². The van der Waals surface area contributed by atoms with Crippen LogP contribution in [0.15, 0.2) is 47.2 Å². The summed E-state index contributed by atoms with van der Waals surface area (Å²) >= 11 is 1.77. The van der Waals surface area contributed by atoms with E-state index in [2.05, 4.69) is 66.3 Å². The molecule has 2 rings (SSSR count). The number of rotatable bonds is 6. The van der Waals surface area contributed by atoms with Crippen LogP contribution in [0.1, 0.15) is 37.4 Å². The molecule has 0 aliphatic carbocycles. The quantitative estimate of drug-likeness (QED) is 0.809. The van der Waals surface area contributed by atoms with E-state index >= 15 is 0 Å². The third kappa shape index (κ3) is 3.69. The van der Waals surface area contributed by atoms with Gasteiger partial charge in [-0.05, 0) is 47.7 Å². The van der Waals surface area contributed by atoms with Gasteiger partial charge in [-0.25, -0.2) is 0 Å². The fourth-order valence-electron chi connectivity index (χ4n) is 2.19. The maximum atomic E-state index is 3.72. The molecule has 0 fully saturated rings. The second kappa shape index (κ2) is 6.72. The predicted octanol–water partition coefficient (Wildman–Crippen LogP) is 4.42. The van der Waals surface area contributed by atoms with E-state index < -0.39 is 0 Å². The highest BCUT2D eigenvalue weighted by molar-refractivity contribution is 7.07. The topological polar surface area (TPSA) is 12.0 Å². The first-order valence-corrected chi connectivity index (χ1v) is 7.56. The average Bonchev–Trinajstić information content (AvgIpc) is 2.93. The number of nitrogens with one attached hydrogen (secondary N) is 1. The fourth-order valence-corrected chi connectivity index (χ4v) is 2.94. The van der Waals surface area contributed by atoms with Gasteiger partial charge >= 0.3 is 0 Å². The van der Waals surface area contributed by atoms with Gasteiger partial charge in [0.15, 0.2) is 0 Å². The number of hydrogen-bond donors (Lipinski definition) is 1. The molecule has 0 saturated carbocycles. The number of thiophene rings is 1. The summed E-state index contributed by atoms with van der Waals surface area (Å²) in [6.07, 6.45) is 2.26. The molecular formula is C16H21NS. The molecule has 1 aromatic heterocycles. The fraction of sp³-hybridized carbons (Fsp3) is 0.375. The Morgan fingerprint density at radius 3 is 2.56 bits per heavy atom. The Labute approximate surface area is 114 Å². The number of benzene rings is 1. The number of hydrogen-bond acceptors (Lipinski definition) is 2. The molecular weight excluding hydrogens is 238 g/mol. The van der Waals surface area contributed by atoms with Crippen molar-refractivity contribution in [2.75, 3.05) is 0 Å². The van der Waals surface area contributed by atoms with Crippen LogP contribution >= 0.6 is 11.3 Å². The molecule has 0 saturated heterocycles. The van der Waals surface area contributed by atoms with Crippen molar-refractivity contribution in [3.05, 3.63) is 58.3 Å². The molecule has 1 aromatic carbocycles. The molecule has 1 N–H and O–H groups in total. The molecule has 18 heavy (non-hydrogen) atoms. The Bertz CT molecular complexity index is 435. The standard InChI is InChI=1S/C16H21NS/c1-3-16(11-14-7-5-4-6-8-14)17-13(2)15-9-10-18-12-15/h4-10,12-13,16-17H,3,11H2,1-2H3. The normalized spacial score (nSPS) is 14.3. The summed E-state index contributed by atoms with van der Waals surface area (Å²) in [6, 6.07) is 13.9. The van der Waals surface area contributed by atoms with Gasteiger partial charge in [-0.3, -0.25) is 0 Å². The van der Waals surface area contributed by atoms with Crippen molar-refractivity contribution in [2.24, 2.45) is 0 Å². The highest BCUT2D eigenvalue weighted by Crippen LogP contribution is 2.17. The van der Waals surface area contributed by atoms with Crippen molar-refractivity contribution in [1.82, 2.24) is 5.32 Å². The predicted molar refractivity (Wildman–Crippen MR) is 80.1 cm³/mol. The lowest BCUT2D eigenvalue weighted by Crippen LogP contribution is -2.32. The molecule has 2 atom stereocenters. The van der Waals surface area contributed by atoms with Gasteiger partial charge in [0.2, 0.25) is 0 Å². The van der Waals surface area contributed by atoms with Gasteiger partial charge < -0.3 is 5.32 Å². The monoisotopic (exact) mass is 259 g/mol. The third-order valence-electron chi connectivity index (χ3n) is 3.35. The minimum Gasteiger partial charge on any atom is -0.307 e. The van der Waals surface area contributed by atoms with Gasteiger partial charge in [0.25, 0.3) is 0 Å². The SMILES string of the molecule is CCC(Cc1ccccc1)NC(C)c1ccsc1. The van der Waals surface area contributed by atoms with E-state index in [9.17, 15) is 0 Å². The molecule has 0 spiro atoms. The summed E-state index contributed by atoms with van der Waals surface area (Å²) in [5, 5.41) is 8.10. The maximum absolute atomic E-state index is 3.72. The van der Waals surface area contributed by atoms with Crippen LogP contribution in [-0.2, 0) is 6.42 Å². The smallest absolute Gasteiger partial charge is 0.0302 e.